The molecule has 1 unspecified atom stereocenters. The maximum atomic E-state index is 10.8. The van der Waals surface area contributed by atoms with E-state index in [4.69, 9.17) is 4.74 Å². The van der Waals surface area contributed by atoms with Crippen molar-refractivity contribution in [3.8, 4) is 0 Å². The Bertz CT molecular complexity index is 399. The van der Waals surface area contributed by atoms with Gasteiger partial charge in [-0.1, -0.05) is 51.5 Å². The minimum absolute atomic E-state index is 0.110. The molecular weight excluding hydrogens is 236 g/mol. The van der Waals surface area contributed by atoms with Crippen molar-refractivity contribution in [2.24, 2.45) is 16.7 Å². The van der Waals surface area contributed by atoms with E-state index in [2.05, 4.69) is 47.3 Å². The van der Waals surface area contributed by atoms with Crippen molar-refractivity contribution in [1.82, 2.24) is 0 Å². The Kier molecular flexibility index (Phi) is 4.65. The summed E-state index contributed by atoms with van der Waals surface area (Å²) >= 11 is 0. The highest BCUT2D eigenvalue weighted by molar-refractivity contribution is 5.65. The Hall–Kier alpha value is -1.05. The van der Waals surface area contributed by atoms with Crippen LogP contribution in [0.3, 0.4) is 0 Å². The first kappa shape index (κ1) is 16.0. The van der Waals surface area contributed by atoms with E-state index in [0.717, 1.165) is 12.8 Å². The largest absolute Gasteiger partial charge is 0.466 e. The maximum absolute atomic E-state index is 10.8. The predicted molar refractivity (Wildman–Crippen MR) is 79.8 cm³/mol. The number of hydrogen-bond donors (Lipinski definition) is 0. The number of carbonyl (C=O) groups is 1. The van der Waals surface area contributed by atoms with Crippen LogP contribution < -0.4 is 0 Å². The standard InChI is InChI=1S/C17H28O2/c1-12-10-16(4,5)15(17(6,7)11-12)13(2)8-9-19-14(3)18/h10,15H,2,8-9,11H2,1,3-7H3. The number of hydrogen-bond acceptors (Lipinski definition) is 2. The summed E-state index contributed by atoms with van der Waals surface area (Å²) in [5, 5.41) is 0. The van der Waals surface area contributed by atoms with Crippen molar-refractivity contribution < 1.29 is 9.53 Å². The fourth-order valence-electron chi connectivity index (χ4n) is 4.15. The Labute approximate surface area is 117 Å². The maximum Gasteiger partial charge on any atom is 0.302 e. The van der Waals surface area contributed by atoms with Gasteiger partial charge in [-0.25, -0.2) is 0 Å². The zero-order valence-electron chi connectivity index (χ0n) is 13.3. The summed E-state index contributed by atoms with van der Waals surface area (Å²) in [4.78, 5) is 10.8. The highest BCUT2D eigenvalue weighted by Gasteiger charge is 2.43. The van der Waals surface area contributed by atoms with E-state index in [9.17, 15) is 4.79 Å². The zero-order valence-corrected chi connectivity index (χ0v) is 13.3. The van der Waals surface area contributed by atoms with Crippen LogP contribution in [0, 0.1) is 16.7 Å². The van der Waals surface area contributed by atoms with Crippen LogP contribution in [0.25, 0.3) is 0 Å². The van der Waals surface area contributed by atoms with Gasteiger partial charge in [-0.15, -0.1) is 0 Å². The molecule has 0 spiro atoms. The third-order valence-corrected chi connectivity index (χ3v) is 4.02. The van der Waals surface area contributed by atoms with E-state index < -0.39 is 0 Å². The van der Waals surface area contributed by atoms with Crippen molar-refractivity contribution in [3.05, 3.63) is 23.8 Å². The van der Waals surface area contributed by atoms with Crippen LogP contribution in [0.2, 0.25) is 0 Å². The van der Waals surface area contributed by atoms with Crippen LogP contribution in [-0.4, -0.2) is 12.6 Å². The highest BCUT2D eigenvalue weighted by Crippen LogP contribution is 2.53. The van der Waals surface area contributed by atoms with Crippen molar-refractivity contribution in [2.75, 3.05) is 6.61 Å². The lowest BCUT2D eigenvalue weighted by molar-refractivity contribution is -0.140. The molecule has 0 N–H and O–H groups in total. The monoisotopic (exact) mass is 264 g/mol. The van der Waals surface area contributed by atoms with Gasteiger partial charge in [0.2, 0.25) is 0 Å². The second kappa shape index (κ2) is 5.52. The molecule has 19 heavy (non-hydrogen) atoms. The van der Waals surface area contributed by atoms with Crippen LogP contribution in [0.15, 0.2) is 23.8 Å². The van der Waals surface area contributed by atoms with Crippen LogP contribution in [0.4, 0.5) is 0 Å². The minimum Gasteiger partial charge on any atom is -0.466 e. The molecule has 0 fully saturated rings. The first-order valence-electron chi connectivity index (χ1n) is 7.05. The quantitative estimate of drug-likeness (QED) is 0.551. The van der Waals surface area contributed by atoms with Gasteiger partial charge in [0, 0.05) is 13.3 Å². The summed E-state index contributed by atoms with van der Waals surface area (Å²) in [5.74, 6) is 0.199. The van der Waals surface area contributed by atoms with Crippen molar-refractivity contribution in [1.29, 1.82) is 0 Å². The lowest BCUT2D eigenvalue weighted by atomic mass is 9.56. The molecule has 0 saturated carbocycles. The molecule has 108 valence electrons. The van der Waals surface area contributed by atoms with Gasteiger partial charge in [0.25, 0.3) is 0 Å². The van der Waals surface area contributed by atoms with Gasteiger partial charge in [-0.05, 0) is 30.1 Å². The van der Waals surface area contributed by atoms with Gasteiger partial charge < -0.3 is 4.74 Å². The molecule has 0 bridgehead atoms. The highest BCUT2D eigenvalue weighted by atomic mass is 16.5. The SMILES string of the molecule is C=C(CCOC(C)=O)C1C(C)(C)C=C(C)CC1(C)C. The topological polar surface area (TPSA) is 26.3 Å². The predicted octanol–water partition coefficient (Wildman–Crippen LogP) is 4.51. The summed E-state index contributed by atoms with van der Waals surface area (Å²) in [5.41, 5.74) is 2.97. The van der Waals surface area contributed by atoms with E-state index in [1.807, 2.05) is 0 Å². The molecule has 0 aromatic carbocycles. The fourth-order valence-corrected chi connectivity index (χ4v) is 4.15. The number of carbonyl (C=O) groups excluding carboxylic acids is 1. The number of allylic oxidation sites excluding steroid dienone is 2. The third-order valence-electron chi connectivity index (χ3n) is 4.02. The van der Waals surface area contributed by atoms with Gasteiger partial charge in [-0.3, -0.25) is 4.79 Å². The molecular formula is C17H28O2. The average molecular weight is 264 g/mol. The third kappa shape index (κ3) is 3.95. The minimum atomic E-state index is -0.217. The van der Waals surface area contributed by atoms with Crippen LogP contribution >= 0.6 is 0 Å². The Balaban J connectivity index is 2.84. The van der Waals surface area contributed by atoms with Crippen LogP contribution in [-0.2, 0) is 9.53 Å². The molecule has 1 aliphatic carbocycles. The van der Waals surface area contributed by atoms with E-state index in [-0.39, 0.29) is 16.8 Å². The van der Waals surface area contributed by atoms with Gasteiger partial charge in [0.05, 0.1) is 6.61 Å². The van der Waals surface area contributed by atoms with Crippen LogP contribution in [0.5, 0.6) is 0 Å². The average Bonchev–Trinajstić information content (AvgIpc) is 2.10. The molecule has 0 radical (unpaired) electrons. The van der Waals surface area contributed by atoms with E-state index in [0.29, 0.717) is 12.5 Å². The second-order valence-corrected chi connectivity index (χ2v) is 7.16. The molecule has 1 rings (SSSR count). The van der Waals surface area contributed by atoms with E-state index >= 15 is 0 Å². The molecule has 2 nitrogen and oxygen atoms in total. The van der Waals surface area contributed by atoms with Crippen molar-refractivity contribution in [2.45, 2.75) is 54.4 Å². The number of ether oxygens (including phenoxy) is 1. The molecule has 1 atom stereocenters. The zero-order chi connectivity index (χ0) is 14.8. The molecule has 0 heterocycles. The summed E-state index contributed by atoms with van der Waals surface area (Å²) in [7, 11) is 0. The van der Waals surface area contributed by atoms with E-state index in [1.165, 1.54) is 18.1 Å². The molecule has 0 aromatic rings. The smallest absolute Gasteiger partial charge is 0.302 e. The fraction of sp³-hybridized carbons (Fsp3) is 0.706. The number of esters is 1. The summed E-state index contributed by atoms with van der Waals surface area (Å²) in [6.45, 7) is 17.6. The van der Waals surface area contributed by atoms with Crippen LogP contribution in [0.1, 0.15) is 54.4 Å². The Morgan fingerprint density at radius 3 is 2.47 bits per heavy atom. The molecule has 2 heteroatoms. The lowest BCUT2D eigenvalue weighted by Gasteiger charge is -2.48. The summed E-state index contributed by atoms with van der Waals surface area (Å²) < 4.78 is 5.05. The van der Waals surface area contributed by atoms with Gasteiger partial charge in [0.15, 0.2) is 0 Å². The summed E-state index contributed by atoms with van der Waals surface area (Å²) in [6.07, 6.45) is 4.23. The normalized spacial score (nSPS) is 24.5. The van der Waals surface area contributed by atoms with Gasteiger partial charge in [0.1, 0.15) is 0 Å². The Morgan fingerprint density at radius 1 is 1.42 bits per heavy atom. The van der Waals surface area contributed by atoms with Crippen molar-refractivity contribution >= 4 is 5.97 Å². The Morgan fingerprint density at radius 2 is 2.00 bits per heavy atom. The number of rotatable bonds is 4. The molecule has 0 aliphatic heterocycles. The van der Waals surface area contributed by atoms with Gasteiger partial charge in [-0.2, -0.15) is 0 Å². The molecule has 0 amide bonds. The van der Waals surface area contributed by atoms with Gasteiger partial charge >= 0.3 is 5.97 Å². The summed E-state index contributed by atoms with van der Waals surface area (Å²) in [6, 6.07) is 0. The lowest BCUT2D eigenvalue weighted by Crippen LogP contribution is -2.40. The van der Waals surface area contributed by atoms with E-state index in [1.54, 1.807) is 0 Å². The molecule has 0 aromatic heterocycles. The molecule has 0 saturated heterocycles. The molecule has 1 aliphatic rings. The van der Waals surface area contributed by atoms with Crippen molar-refractivity contribution in [3.63, 3.8) is 0 Å². The second-order valence-electron chi connectivity index (χ2n) is 7.16. The first-order valence-corrected chi connectivity index (χ1v) is 7.05. The first-order chi connectivity index (χ1) is 8.56.